The highest BCUT2D eigenvalue weighted by Gasteiger charge is 2.29. The number of nitrogens with zero attached hydrogens (tertiary/aromatic N) is 1. The SMILES string of the molecule is CCC(C)(CN)CN1CCC(C)CC1C. The molecule has 1 saturated heterocycles. The van der Waals surface area contributed by atoms with Crippen molar-refractivity contribution in [3.8, 4) is 0 Å². The zero-order valence-electron chi connectivity index (χ0n) is 10.9. The van der Waals surface area contributed by atoms with Crippen LogP contribution in [0.3, 0.4) is 0 Å². The molecule has 0 aliphatic carbocycles. The first kappa shape index (κ1) is 13.0. The Hall–Kier alpha value is -0.0800. The highest BCUT2D eigenvalue weighted by Crippen LogP contribution is 2.27. The van der Waals surface area contributed by atoms with Gasteiger partial charge in [-0.15, -0.1) is 0 Å². The third-order valence-corrected chi connectivity index (χ3v) is 4.21. The molecule has 0 aromatic carbocycles. The molecule has 0 bridgehead atoms. The van der Waals surface area contributed by atoms with E-state index < -0.39 is 0 Å². The molecule has 2 N–H and O–H groups in total. The fraction of sp³-hybridized carbons (Fsp3) is 1.00. The highest BCUT2D eigenvalue weighted by molar-refractivity contribution is 4.84. The van der Waals surface area contributed by atoms with Gasteiger partial charge in [-0.05, 0) is 50.6 Å². The van der Waals surface area contributed by atoms with Crippen molar-refractivity contribution in [2.75, 3.05) is 19.6 Å². The van der Waals surface area contributed by atoms with E-state index in [1.165, 1.54) is 32.4 Å². The smallest absolute Gasteiger partial charge is 0.00697 e. The third kappa shape index (κ3) is 3.46. The number of likely N-dealkylation sites (tertiary alicyclic amines) is 1. The van der Waals surface area contributed by atoms with Gasteiger partial charge in [-0.2, -0.15) is 0 Å². The standard InChI is InChI=1S/C13H28N2/c1-5-13(4,9-14)10-15-7-6-11(2)8-12(15)3/h11-12H,5-10,14H2,1-4H3. The number of hydrogen-bond acceptors (Lipinski definition) is 2. The van der Waals surface area contributed by atoms with E-state index in [4.69, 9.17) is 5.73 Å². The minimum atomic E-state index is 0.314. The summed E-state index contributed by atoms with van der Waals surface area (Å²) in [5.41, 5.74) is 6.20. The lowest BCUT2D eigenvalue weighted by Gasteiger charge is -2.41. The van der Waals surface area contributed by atoms with Crippen molar-refractivity contribution in [2.45, 2.75) is 53.0 Å². The van der Waals surface area contributed by atoms with Crippen LogP contribution in [0.15, 0.2) is 0 Å². The summed E-state index contributed by atoms with van der Waals surface area (Å²) < 4.78 is 0. The maximum absolute atomic E-state index is 5.88. The second kappa shape index (κ2) is 5.31. The average molecular weight is 212 g/mol. The summed E-state index contributed by atoms with van der Waals surface area (Å²) in [7, 11) is 0. The molecule has 1 aliphatic rings. The van der Waals surface area contributed by atoms with E-state index in [2.05, 4.69) is 32.6 Å². The van der Waals surface area contributed by atoms with E-state index in [9.17, 15) is 0 Å². The van der Waals surface area contributed by atoms with Crippen LogP contribution in [0.2, 0.25) is 0 Å². The quantitative estimate of drug-likeness (QED) is 0.776. The lowest BCUT2D eigenvalue weighted by molar-refractivity contribution is 0.0787. The van der Waals surface area contributed by atoms with Crippen LogP contribution in [0.25, 0.3) is 0 Å². The minimum Gasteiger partial charge on any atom is -0.330 e. The van der Waals surface area contributed by atoms with Crippen molar-refractivity contribution in [2.24, 2.45) is 17.1 Å². The molecule has 2 nitrogen and oxygen atoms in total. The van der Waals surface area contributed by atoms with E-state index >= 15 is 0 Å². The van der Waals surface area contributed by atoms with E-state index in [1.807, 2.05) is 0 Å². The summed E-state index contributed by atoms with van der Waals surface area (Å²) in [5, 5.41) is 0. The molecular weight excluding hydrogens is 184 g/mol. The van der Waals surface area contributed by atoms with E-state index in [0.29, 0.717) is 5.41 Å². The molecule has 0 aromatic rings. The molecule has 1 aliphatic heterocycles. The second-order valence-electron chi connectivity index (χ2n) is 5.82. The molecule has 1 rings (SSSR count). The normalized spacial score (nSPS) is 32.6. The van der Waals surface area contributed by atoms with Crippen LogP contribution in [0.1, 0.15) is 47.0 Å². The van der Waals surface area contributed by atoms with Crippen molar-refractivity contribution >= 4 is 0 Å². The van der Waals surface area contributed by atoms with Crippen LogP contribution in [0.5, 0.6) is 0 Å². The first-order valence-corrected chi connectivity index (χ1v) is 6.45. The van der Waals surface area contributed by atoms with Gasteiger partial charge in [0.1, 0.15) is 0 Å². The van der Waals surface area contributed by atoms with Crippen LogP contribution in [0.4, 0.5) is 0 Å². The summed E-state index contributed by atoms with van der Waals surface area (Å²) in [6.07, 6.45) is 3.89. The topological polar surface area (TPSA) is 29.3 Å². The molecule has 3 atom stereocenters. The van der Waals surface area contributed by atoms with E-state index in [0.717, 1.165) is 18.5 Å². The van der Waals surface area contributed by atoms with Gasteiger partial charge in [0.25, 0.3) is 0 Å². The molecule has 2 heteroatoms. The van der Waals surface area contributed by atoms with Gasteiger partial charge in [0.15, 0.2) is 0 Å². The monoisotopic (exact) mass is 212 g/mol. The Kier molecular flexibility index (Phi) is 4.60. The van der Waals surface area contributed by atoms with Gasteiger partial charge in [-0.3, -0.25) is 0 Å². The van der Waals surface area contributed by atoms with Crippen LogP contribution in [0, 0.1) is 11.3 Å². The molecule has 15 heavy (non-hydrogen) atoms. The molecule has 1 fully saturated rings. The van der Waals surface area contributed by atoms with Crippen LogP contribution >= 0.6 is 0 Å². The first-order chi connectivity index (χ1) is 7.00. The Morgan fingerprint density at radius 2 is 2.07 bits per heavy atom. The Bertz CT molecular complexity index is 187. The second-order valence-corrected chi connectivity index (χ2v) is 5.82. The number of hydrogen-bond donors (Lipinski definition) is 1. The lowest BCUT2D eigenvalue weighted by Crippen LogP contribution is -2.47. The fourth-order valence-electron chi connectivity index (χ4n) is 2.50. The summed E-state index contributed by atoms with van der Waals surface area (Å²) in [4.78, 5) is 2.64. The average Bonchev–Trinajstić information content (AvgIpc) is 2.22. The van der Waals surface area contributed by atoms with Gasteiger partial charge in [-0.25, -0.2) is 0 Å². The zero-order valence-corrected chi connectivity index (χ0v) is 10.9. The molecule has 0 amide bonds. The number of piperidine rings is 1. The predicted molar refractivity (Wildman–Crippen MR) is 66.9 cm³/mol. The third-order valence-electron chi connectivity index (χ3n) is 4.21. The van der Waals surface area contributed by atoms with E-state index in [-0.39, 0.29) is 0 Å². The Morgan fingerprint density at radius 1 is 1.40 bits per heavy atom. The van der Waals surface area contributed by atoms with Crippen molar-refractivity contribution in [1.29, 1.82) is 0 Å². The van der Waals surface area contributed by atoms with Gasteiger partial charge in [0, 0.05) is 12.6 Å². The van der Waals surface area contributed by atoms with Crippen molar-refractivity contribution in [3.05, 3.63) is 0 Å². The van der Waals surface area contributed by atoms with Crippen LogP contribution in [-0.2, 0) is 0 Å². The summed E-state index contributed by atoms with van der Waals surface area (Å²) in [6.45, 7) is 12.5. The summed E-state index contributed by atoms with van der Waals surface area (Å²) >= 11 is 0. The van der Waals surface area contributed by atoms with Crippen molar-refractivity contribution in [1.82, 2.24) is 4.90 Å². The molecule has 0 saturated carbocycles. The van der Waals surface area contributed by atoms with Gasteiger partial charge >= 0.3 is 0 Å². The van der Waals surface area contributed by atoms with Crippen LogP contribution < -0.4 is 5.73 Å². The molecule has 0 radical (unpaired) electrons. The maximum atomic E-state index is 5.88. The highest BCUT2D eigenvalue weighted by atomic mass is 15.2. The predicted octanol–water partition coefficient (Wildman–Crippen LogP) is 2.48. The molecular formula is C13H28N2. The molecule has 3 unspecified atom stereocenters. The molecule has 0 spiro atoms. The molecule has 0 aromatic heterocycles. The summed E-state index contributed by atoms with van der Waals surface area (Å²) in [6, 6.07) is 0.742. The summed E-state index contributed by atoms with van der Waals surface area (Å²) in [5.74, 6) is 0.905. The molecule has 1 heterocycles. The fourth-order valence-corrected chi connectivity index (χ4v) is 2.50. The van der Waals surface area contributed by atoms with E-state index in [1.54, 1.807) is 0 Å². The number of rotatable bonds is 4. The largest absolute Gasteiger partial charge is 0.330 e. The van der Waals surface area contributed by atoms with Crippen molar-refractivity contribution in [3.63, 3.8) is 0 Å². The van der Waals surface area contributed by atoms with Gasteiger partial charge in [0.05, 0.1) is 0 Å². The van der Waals surface area contributed by atoms with Crippen LogP contribution in [-0.4, -0.2) is 30.6 Å². The number of nitrogens with two attached hydrogens (primary N) is 1. The van der Waals surface area contributed by atoms with Gasteiger partial charge in [-0.1, -0.05) is 20.8 Å². The zero-order chi connectivity index (χ0) is 11.5. The first-order valence-electron chi connectivity index (χ1n) is 6.45. The minimum absolute atomic E-state index is 0.314. The maximum Gasteiger partial charge on any atom is 0.00697 e. The molecule has 90 valence electrons. The Morgan fingerprint density at radius 3 is 2.53 bits per heavy atom. The lowest BCUT2D eigenvalue weighted by atomic mass is 9.84. The Balaban J connectivity index is 2.50. The van der Waals surface area contributed by atoms with Gasteiger partial charge in [0.2, 0.25) is 0 Å². The van der Waals surface area contributed by atoms with Crippen molar-refractivity contribution < 1.29 is 0 Å². The van der Waals surface area contributed by atoms with Gasteiger partial charge < -0.3 is 10.6 Å². The Labute approximate surface area is 95.2 Å².